The van der Waals surface area contributed by atoms with Gasteiger partial charge < -0.3 is 5.32 Å². The normalized spacial score (nSPS) is 19.3. The van der Waals surface area contributed by atoms with E-state index in [9.17, 15) is 26.4 Å². The predicted molar refractivity (Wildman–Crippen MR) is 96.2 cm³/mol. The van der Waals surface area contributed by atoms with Crippen molar-refractivity contribution in [3.8, 4) is 0 Å². The van der Waals surface area contributed by atoms with Gasteiger partial charge in [-0.05, 0) is 37.6 Å². The minimum absolute atomic E-state index is 0.00532. The summed E-state index contributed by atoms with van der Waals surface area (Å²) >= 11 is 5.94. The van der Waals surface area contributed by atoms with Gasteiger partial charge >= 0.3 is 6.18 Å². The summed E-state index contributed by atoms with van der Waals surface area (Å²) in [6.45, 7) is -0.0242. The third-order valence-corrected chi connectivity index (χ3v) is 6.61. The number of alkyl halides is 3. The molecule has 0 saturated carbocycles. The van der Waals surface area contributed by atoms with Gasteiger partial charge in [-0.1, -0.05) is 11.6 Å². The maximum absolute atomic E-state index is 12.9. The van der Waals surface area contributed by atoms with Crippen LogP contribution in [-0.4, -0.2) is 63.4 Å². The molecule has 2 rings (SSSR count). The Kier molecular flexibility index (Phi) is 6.77. The zero-order valence-electron chi connectivity index (χ0n) is 14.9. The number of hydrogen-bond acceptors (Lipinski definition) is 4. The number of sulfonamides is 1. The third kappa shape index (κ3) is 5.56. The lowest BCUT2D eigenvalue weighted by Crippen LogP contribution is -2.44. The maximum atomic E-state index is 12.9. The number of anilines is 1. The number of halogens is 4. The number of amides is 1. The van der Waals surface area contributed by atoms with Crippen LogP contribution in [-0.2, 0) is 14.8 Å². The molecule has 1 amide bonds. The third-order valence-electron chi connectivity index (χ3n) is 4.31. The molecule has 1 aromatic rings. The monoisotopic (exact) mass is 427 g/mol. The number of piperidine rings is 1. The second-order valence-electron chi connectivity index (χ2n) is 6.60. The second-order valence-corrected chi connectivity index (χ2v) is 9.12. The Hall–Kier alpha value is -1.36. The van der Waals surface area contributed by atoms with E-state index in [0.29, 0.717) is 13.0 Å². The number of carbonyl (C=O) groups is 1. The van der Waals surface area contributed by atoms with Gasteiger partial charge in [-0.25, -0.2) is 12.7 Å². The van der Waals surface area contributed by atoms with Gasteiger partial charge in [0.2, 0.25) is 15.9 Å². The van der Waals surface area contributed by atoms with Gasteiger partial charge in [-0.3, -0.25) is 9.69 Å². The van der Waals surface area contributed by atoms with Crippen LogP contribution in [0.1, 0.15) is 12.8 Å². The second kappa shape index (κ2) is 8.34. The largest absolute Gasteiger partial charge is 0.393 e. The van der Waals surface area contributed by atoms with E-state index in [-0.39, 0.29) is 35.1 Å². The number of rotatable bonds is 5. The fourth-order valence-electron chi connectivity index (χ4n) is 2.85. The molecule has 0 radical (unpaired) electrons. The molecule has 27 heavy (non-hydrogen) atoms. The molecular weight excluding hydrogens is 407 g/mol. The molecule has 1 unspecified atom stereocenters. The molecule has 1 aliphatic rings. The van der Waals surface area contributed by atoms with E-state index in [2.05, 4.69) is 5.32 Å². The first-order valence-corrected chi connectivity index (χ1v) is 10.0. The highest BCUT2D eigenvalue weighted by Gasteiger charge is 2.41. The van der Waals surface area contributed by atoms with E-state index in [1.807, 2.05) is 0 Å². The summed E-state index contributed by atoms with van der Waals surface area (Å²) < 4.78 is 64.1. The highest BCUT2D eigenvalue weighted by atomic mass is 35.5. The zero-order chi connectivity index (χ0) is 20.4. The van der Waals surface area contributed by atoms with Crippen molar-refractivity contribution in [1.82, 2.24) is 9.21 Å². The van der Waals surface area contributed by atoms with Crippen molar-refractivity contribution in [2.24, 2.45) is 5.92 Å². The summed E-state index contributed by atoms with van der Waals surface area (Å²) in [5.41, 5.74) is 0.203. The topological polar surface area (TPSA) is 69.7 Å². The van der Waals surface area contributed by atoms with Crippen LogP contribution in [0.5, 0.6) is 0 Å². The molecule has 1 atom stereocenters. The highest BCUT2D eigenvalue weighted by molar-refractivity contribution is 7.89. The van der Waals surface area contributed by atoms with Crippen molar-refractivity contribution >= 4 is 33.2 Å². The number of nitrogens with zero attached hydrogens (tertiary/aromatic N) is 2. The number of nitrogens with one attached hydrogen (secondary N) is 1. The van der Waals surface area contributed by atoms with Gasteiger partial charge in [0, 0.05) is 26.3 Å². The molecule has 0 spiro atoms. The van der Waals surface area contributed by atoms with Gasteiger partial charge in [0.1, 0.15) is 4.90 Å². The van der Waals surface area contributed by atoms with Crippen LogP contribution in [0.15, 0.2) is 23.1 Å². The van der Waals surface area contributed by atoms with Crippen molar-refractivity contribution in [2.45, 2.75) is 23.9 Å². The van der Waals surface area contributed by atoms with E-state index in [1.165, 1.54) is 37.2 Å². The average molecular weight is 428 g/mol. The lowest BCUT2D eigenvalue weighted by Gasteiger charge is -2.33. The minimum Gasteiger partial charge on any atom is -0.325 e. The van der Waals surface area contributed by atoms with Crippen molar-refractivity contribution in [3.63, 3.8) is 0 Å². The number of hydrogen-bond donors (Lipinski definition) is 1. The van der Waals surface area contributed by atoms with Crippen molar-refractivity contribution in [3.05, 3.63) is 23.2 Å². The predicted octanol–water partition coefficient (Wildman–Crippen LogP) is 2.80. The molecule has 0 bridgehead atoms. The SMILES string of the molecule is CN(C)S(=O)(=O)c1cc(NC(=O)CN2CCCC(C(F)(F)F)C2)ccc1Cl. The molecule has 0 aromatic heterocycles. The Balaban J connectivity index is 2.06. The molecule has 6 nitrogen and oxygen atoms in total. The smallest absolute Gasteiger partial charge is 0.325 e. The average Bonchev–Trinajstić information content (AvgIpc) is 2.55. The lowest BCUT2D eigenvalue weighted by atomic mass is 9.97. The quantitative estimate of drug-likeness (QED) is 0.784. The molecule has 1 N–H and O–H groups in total. The van der Waals surface area contributed by atoms with E-state index < -0.39 is 28.0 Å². The molecule has 1 heterocycles. The van der Waals surface area contributed by atoms with E-state index in [4.69, 9.17) is 11.6 Å². The van der Waals surface area contributed by atoms with Gasteiger partial charge in [0.25, 0.3) is 0 Å². The Morgan fingerprint density at radius 3 is 2.63 bits per heavy atom. The standard InChI is InChI=1S/C16H21ClF3N3O3S/c1-22(2)27(25,26)14-8-12(5-6-13(14)17)21-15(24)10-23-7-3-4-11(9-23)16(18,19)20/h5-6,8,11H,3-4,7,9-10H2,1-2H3,(H,21,24). The van der Waals surface area contributed by atoms with Crippen LogP contribution >= 0.6 is 11.6 Å². The van der Waals surface area contributed by atoms with Gasteiger partial charge in [0.05, 0.1) is 17.5 Å². The van der Waals surface area contributed by atoms with Crippen LogP contribution in [0.4, 0.5) is 18.9 Å². The van der Waals surface area contributed by atoms with Crippen LogP contribution in [0.2, 0.25) is 5.02 Å². The van der Waals surface area contributed by atoms with Crippen LogP contribution in [0.25, 0.3) is 0 Å². The van der Waals surface area contributed by atoms with Crippen LogP contribution in [0.3, 0.4) is 0 Å². The van der Waals surface area contributed by atoms with E-state index in [1.54, 1.807) is 0 Å². The van der Waals surface area contributed by atoms with Crippen LogP contribution < -0.4 is 5.32 Å². The molecule has 1 fully saturated rings. The van der Waals surface area contributed by atoms with Gasteiger partial charge in [-0.15, -0.1) is 0 Å². The summed E-state index contributed by atoms with van der Waals surface area (Å²) in [6, 6.07) is 4.00. The minimum atomic E-state index is -4.28. The van der Waals surface area contributed by atoms with Crippen LogP contribution in [0, 0.1) is 5.92 Å². The first-order chi connectivity index (χ1) is 12.4. The van der Waals surface area contributed by atoms with E-state index in [0.717, 1.165) is 4.31 Å². The Morgan fingerprint density at radius 1 is 1.37 bits per heavy atom. The van der Waals surface area contributed by atoms with Crippen molar-refractivity contribution in [2.75, 3.05) is 39.0 Å². The number of benzene rings is 1. The molecule has 1 aliphatic heterocycles. The molecule has 1 saturated heterocycles. The number of carbonyl (C=O) groups excluding carboxylic acids is 1. The fraction of sp³-hybridized carbons (Fsp3) is 0.562. The first kappa shape index (κ1) is 21.9. The molecular formula is C16H21ClF3N3O3S. The summed E-state index contributed by atoms with van der Waals surface area (Å²) in [7, 11) is -1.10. The van der Waals surface area contributed by atoms with Gasteiger partial charge in [-0.2, -0.15) is 13.2 Å². The highest BCUT2D eigenvalue weighted by Crippen LogP contribution is 2.33. The zero-order valence-corrected chi connectivity index (χ0v) is 16.5. The summed E-state index contributed by atoms with van der Waals surface area (Å²) in [6.07, 6.45) is -3.85. The van der Waals surface area contributed by atoms with E-state index >= 15 is 0 Å². The fourth-order valence-corrected chi connectivity index (χ4v) is 4.24. The summed E-state index contributed by atoms with van der Waals surface area (Å²) in [4.78, 5) is 13.5. The molecule has 1 aromatic carbocycles. The first-order valence-electron chi connectivity index (χ1n) is 8.22. The summed E-state index contributed by atoms with van der Waals surface area (Å²) in [5, 5.41) is 2.52. The van der Waals surface area contributed by atoms with Gasteiger partial charge in [0.15, 0.2) is 0 Å². The Bertz CT molecular complexity index is 800. The molecule has 11 heteroatoms. The van der Waals surface area contributed by atoms with Crippen molar-refractivity contribution in [1.29, 1.82) is 0 Å². The Morgan fingerprint density at radius 2 is 2.04 bits per heavy atom. The summed E-state index contributed by atoms with van der Waals surface area (Å²) in [5.74, 6) is -1.96. The maximum Gasteiger partial charge on any atom is 0.393 e. The lowest BCUT2D eigenvalue weighted by molar-refractivity contribution is -0.186. The Labute approximate surface area is 161 Å². The van der Waals surface area contributed by atoms with Crippen molar-refractivity contribution < 1.29 is 26.4 Å². The molecule has 152 valence electrons. The molecule has 0 aliphatic carbocycles. The number of likely N-dealkylation sites (tertiary alicyclic amines) is 1.